The van der Waals surface area contributed by atoms with Crippen molar-refractivity contribution in [2.75, 3.05) is 13.2 Å². The Hall–Kier alpha value is -2.77. The van der Waals surface area contributed by atoms with Crippen LogP contribution in [0.25, 0.3) is 22.2 Å². The van der Waals surface area contributed by atoms with E-state index in [9.17, 15) is 9.18 Å². The van der Waals surface area contributed by atoms with Crippen molar-refractivity contribution in [3.63, 3.8) is 0 Å². The fraction of sp³-hybridized carbons (Fsp3) is 0.391. The zero-order valence-corrected chi connectivity index (χ0v) is 17.4. The Kier molecular flexibility index (Phi) is 5.58. The third-order valence-corrected chi connectivity index (χ3v) is 5.79. The molecule has 0 spiro atoms. The summed E-state index contributed by atoms with van der Waals surface area (Å²) < 4.78 is 21.4. The maximum atomic E-state index is 13.7. The lowest BCUT2D eigenvalue weighted by Gasteiger charge is -2.15. The van der Waals surface area contributed by atoms with Crippen LogP contribution in [0.1, 0.15) is 31.2 Å². The number of ether oxygens (including phenoxy) is 1. The number of carbonyl (C=O) groups excluding carboxylic acids is 1. The summed E-state index contributed by atoms with van der Waals surface area (Å²) in [5.74, 6) is 0.316. The molecule has 1 aromatic heterocycles. The first-order chi connectivity index (χ1) is 14.4. The van der Waals surface area contributed by atoms with E-state index in [-0.39, 0.29) is 11.7 Å². The molecule has 0 unspecified atom stereocenters. The van der Waals surface area contributed by atoms with Gasteiger partial charge >= 0.3 is 0 Å². The Bertz CT molecular complexity index is 1090. The lowest BCUT2D eigenvalue weighted by atomic mass is 10.0. The minimum absolute atomic E-state index is 0.210. The molecule has 2 aromatic carbocycles. The van der Waals surface area contributed by atoms with Crippen molar-refractivity contribution in [2.45, 2.75) is 45.3 Å². The summed E-state index contributed by atoms with van der Waals surface area (Å²) in [7, 11) is 0. The molecule has 0 saturated heterocycles. The van der Waals surface area contributed by atoms with Crippen LogP contribution >= 0.6 is 0 Å². The zero-order chi connectivity index (χ0) is 21.3. The zero-order valence-electron chi connectivity index (χ0n) is 17.4. The summed E-state index contributed by atoms with van der Waals surface area (Å²) in [5, 5.41) is 3.30. The lowest BCUT2D eigenvalue weighted by molar-refractivity contribution is -0.121. The summed E-state index contributed by atoms with van der Waals surface area (Å²) >= 11 is 0. The van der Waals surface area contributed by atoms with E-state index >= 15 is 0 Å². The second-order valence-corrected chi connectivity index (χ2v) is 7.84. The number of aryl methyl sites for hydroxylation is 1. The van der Waals surface area contributed by atoms with Gasteiger partial charge in [0.1, 0.15) is 11.6 Å². The number of carbonyl (C=O) groups is 1. The second-order valence-electron chi connectivity index (χ2n) is 7.84. The number of fused-ring (bicyclic) bond motifs is 1. The van der Waals surface area contributed by atoms with Crippen molar-refractivity contribution in [3.05, 3.63) is 53.6 Å². The van der Waals surface area contributed by atoms with Crippen molar-refractivity contribution in [1.29, 1.82) is 0 Å². The van der Waals surface area contributed by atoms with E-state index < -0.39 is 5.54 Å². The first-order valence-electron chi connectivity index (χ1n) is 10.3. The topological polar surface area (TPSA) is 82.2 Å². The van der Waals surface area contributed by atoms with Crippen LogP contribution in [-0.2, 0) is 22.6 Å². The number of amides is 1. The Morgan fingerprint density at radius 3 is 2.67 bits per heavy atom. The van der Waals surface area contributed by atoms with Crippen LogP contribution in [-0.4, -0.2) is 34.2 Å². The Morgan fingerprint density at radius 1 is 1.27 bits per heavy atom. The van der Waals surface area contributed by atoms with Gasteiger partial charge in [-0.05, 0) is 67.6 Å². The second kappa shape index (κ2) is 8.16. The molecule has 1 aliphatic rings. The van der Waals surface area contributed by atoms with E-state index in [0.717, 1.165) is 40.8 Å². The van der Waals surface area contributed by atoms with Crippen LogP contribution in [0.2, 0.25) is 0 Å². The molecule has 1 aliphatic carbocycles. The molecule has 4 rings (SSSR count). The van der Waals surface area contributed by atoms with E-state index in [1.165, 1.54) is 6.07 Å². The number of imidazole rings is 1. The van der Waals surface area contributed by atoms with Crippen LogP contribution in [0, 0.1) is 12.7 Å². The average molecular weight is 410 g/mol. The van der Waals surface area contributed by atoms with Crippen molar-refractivity contribution in [2.24, 2.45) is 5.73 Å². The molecule has 30 heavy (non-hydrogen) atoms. The Morgan fingerprint density at radius 2 is 2.00 bits per heavy atom. The van der Waals surface area contributed by atoms with Gasteiger partial charge in [0.25, 0.3) is 0 Å². The highest BCUT2D eigenvalue weighted by molar-refractivity contribution is 5.87. The molecule has 6 nitrogen and oxygen atoms in total. The third kappa shape index (κ3) is 3.95. The molecule has 0 aliphatic heterocycles. The van der Waals surface area contributed by atoms with Crippen LogP contribution < -0.4 is 11.1 Å². The molecular formula is C23H27FN4O2. The quantitative estimate of drug-likeness (QED) is 0.531. The van der Waals surface area contributed by atoms with Gasteiger partial charge in [-0.25, -0.2) is 9.37 Å². The van der Waals surface area contributed by atoms with Gasteiger partial charge in [-0.3, -0.25) is 10.1 Å². The Balaban J connectivity index is 1.69. The molecule has 0 bridgehead atoms. The highest BCUT2D eigenvalue weighted by atomic mass is 19.1. The number of rotatable bonds is 9. The average Bonchev–Trinajstić information content (AvgIpc) is 3.45. The number of halogens is 1. The van der Waals surface area contributed by atoms with Gasteiger partial charge in [-0.2, -0.15) is 0 Å². The first-order valence-corrected chi connectivity index (χ1v) is 10.3. The fourth-order valence-corrected chi connectivity index (χ4v) is 3.74. The maximum absolute atomic E-state index is 13.7. The smallest absolute Gasteiger partial charge is 0.237 e. The molecule has 1 saturated carbocycles. The summed E-state index contributed by atoms with van der Waals surface area (Å²) in [6, 6.07) is 11.2. The number of nitrogens with two attached hydrogens (primary N) is 1. The van der Waals surface area contributed by atoms with Crippen molar-refractivity contribution >= 4 is 16.9 Å². The Labute approximate surface area is 175 Å². The highest BCUT2D eigenvalue weighted by Crippen LogP contribution is 2.35. The highest BCUT2D eigenvalue weighted by Gasteiger charge is 2.48. The van der Waals surface area contributed by atoms with Gasteiger partial charge in [0.2, 0.25) is 5.91 Å². The van der Waals surface area contributed by atoms with E-state index in [2.05, 4.69) is 16.0 Å². The molecule has 7 heteroatoms. The molecule has 0 radical (unpaired) electrons. The summed E-state index contributed by atoms with van der Waals surface area (Å²) in [6.45, 7) is 6.04. The standard InChI is InChI=1S/C23H27FN4O2/c1-3-30-11-10-28-20-13-17(16-4-6-18(24)15(2)12-16)5-7-19(20)27-21(28)14-26-23(8-9-23)22(25)29/h4-7,12-13,26H,3,8-11,14H2,1-2H3,(H2,25,29). The SMILES string of the molecule is CCOCCn1c(CNC2(C(N)=O)CC2)nc2ccc(-c3ccc(F)c(C)c3)cc21. The lowest BCUT2D eigenvalue weighted by Crippen LogP contribution is -2.43. The summed E-state index contributed by atoms with van der Waals surface area (Å²) in [4.78, 5) is 16.5. The molecule has 1 heterocycles. The number of benzene rings is 2. The van der Waals surface area contributed by atoms with Gasteiger partial charge < -0.3 is 15.0 Å². The molecule has 1 fully saturated rings. The van der Waals surface area contributed by atoms with Crippen LogP contribution in [0.15, 0.2) is 36.4 Å². The monoisotopic (exact) mass is 410 g/mol. The molecular weight excluding hydrogens is 383 g/mol. The molecule has 3 N–H and O–H groups in total. The van der Waals surface area contributed by atoms with Crippen molar-refractivity contribution < 1.29 is 13.9 Å². The minimum atomic E-state index is -0.598. The normalized spacial score (nSPS) is 14.9. The van der Waals surface area contributed by atoms with Crippen LogP contribution in [0.5, 0.6) is 0 Å². The predicted octanol–water partition coefficient (Wildman–Crippen LogP) is 3.29. The van der Waals surface area contributed by atoms with Gasteiger partial charge in [0, 0.05) is 13.2 Å². The van der Waals surface area contributed by atoms with E-state index in [1.54, 1.807) is 13.0 Å². The van der Waals surface area contributed by atoms with Crippen molar-refractivity contribution in [1.82, 2.24) is 14.9 Å². The van der Waals surface area contributed by atoms with E-state index in [4.69, 9.17) is 15.5 Å². The number of nitrogens with zero attached hydrogens (tertiary/aromatic N) is 2. The van der Waals surface area contributed by atoms with Crippen molar-refractivity contribution in [3.8, 4) is 11.1 Å². The first kappa shape index (κ1) is 20.5. The molecule has 158 valence electrons. The van der Waals surface area contributed by atoms with Gasteiger partial charge in [-0.15, -0.1) is 0 Å². The number of hydrogen-bond donors (Lipinski definition) is 2. The number of aromatic nitrogens is 2. The summed E-state index contributed by atoms with van der Waals surface area (Å²) in [5.41, 5.74) is 9.36. The van der Waals surface area contributed by atoms with Crippen LogP contribution in [0.3, 0.4) is 0 Å². The largest absolute Gasteiger partial charge is 0.380 e. The molecule has 0 atom stereocenters. The fourth-order valence-electron chi connectivity index (χ4n) is 3.74. The van der Waals surface area contributed by atoms with Gasteiger partial charge in [0.15, 0.2) is 0 Å². The van der Waals surface area contributed by atoms with Gasteiger partial charge in [-0.1, -0.05) is 12.1 Å². The van der Waals surface area contributed by atoms with Crippen LogP contribution in [0.4, 0.5) is 4.39 Å². The molecule has 1 amide bonds. The number of primary amides is 1. The molecule has 3 aromatic rings. The minimum Gasteiger partial charge on any atom is -0.380 e. The van der Waals surface area contributed by atoms with Gasteiger partial charge in [0.05, 0.1) is 29.7 Å². The van der Waals surface area contributed by atoms with E-state index in [1.807, 2.05) is 25.1 Å². The number of nitrogens with one attached hydrogen (secondary N) is 1. The van der Waals surface area contributed by atoms with E-state index in [0.29, 0.717) is 31.9 Å². The third-order valence-electron chi connectivity index (χ3n) is 5.79. The summed E-state index contributed by atoms with van der Waals surface area (Å²) in [6.07, 6.45) is 1.52. The maximum Gasteiger partial charge on any atom is 0.237 e. The number of hydrogen-bond acceptors (Lipinski definition) is 4. The predicted molar refractivity (Wildman–Crippen MR) is 114 cm³/mol.